The summed E-state index contributed by atoms with van der Waals surface area (Å²) in [6, 6.07) is 4.12. The molecule has 6 nitrogen and oxygen atoms in total. The van der Waals surface area contributed by atoms with E-state index in [4.69, 9.17) is 0 Å². The van der Waals surface area contributed by atoms with Gasteiger partial charge in [0.05, 0.1) is 4.70 Å². The number of hydrogen-bond donors (Lipinski definition) is 1. The normalized spacial score (nSPS) is 18.2. The molecule has 1 fully saturated rings. The van der Waals surface area contributed by atoms with E-state index < -0.39 is 33.6 Å². The van der Waals surface area contributed by atoms with Crippen LogP contribution in [0.15, 0.2) is 33.9 Å². The summed E-state index contributed by atoms with van der Waals surface area (Å²) in [5, 5.41) is 4.30. The second-order valence-electron chi connectivity index (χ2n) is 5.95. The number of halogens is 2. The molecule has 1 aliphatic rings. The lowest BCUT2D eigenvalue weighted by atomic mass is 10.2. The van der Waals surface area contributed by atoms with Crippen LogP contribution < -0.4 is 5.32 Å². The standard InChI is InChI=1S/C16H13F2N3O3S3/c17-9-7-10(18)14-12(8-9)26-16(19-14)20-15(22)11-3-1-5-21(11)27(23,24)13-4-2-6-25-13/h2,4,6-8,11H,1,3,5H2,(H,19,20,22). The molecule has 0 spiro atoms. The number of thiophene rings is 1. The van der Waals surface area contributed by atoms with Crippen molar-refractivity contribution in [3.8, 4) is 0 Å². The molecule has 142 valence electrons. The fourth-order valence-electron chi connectivity index (χ4n) is 3.02. The lowest BCUT2D eigenvalue weighted by Crippen LogP contribution is -2.42. The summed E-state index contributed by atoms with van der Waals surface area (Å²) >= 11 is 2.02. The molecule has 0 saturated carbocycles. The summed E-state index contributed by atoms with van der Waals surface area (Å²) in [6.45, 7) is 0.248. The van der Waals surface area contributed by atoms with E-state index in [0.29, 0.717) is 12.8 Å². The third-order valence-electron chi connectivity index (χ3n) is 4.21. The van der Waals surface area contributed by atoms with Crippen LogP contribution in [0, 0.1) is 11.6 Å². The van der Waals surface area contributed by atoms with Gasteiger partial charge in [-0.15, -0.1) is 11.3 Å². The van der Waals surface area contributed by atoms with Crippen molar-refractivity contribution < 1.29 is 22.0 Å². The maximum absolute atomic E-state index is 13.8. The van der Waals surface area contributed by atoms with Gasteiger partial charge in [0.15, 0.2) is 10.9 Å². The molecule has 4 rings (SSSR count). The second kappa shape index (κ2) is 6.89. The van der Waals surface area contributed by atoms with Gasteiger partial charge < -0.3 is 5.32 Å². The number of nitrogens with one attached hydrogen (secondary N) is 1. The van der Waals surface area contributed by atoms with Crippen molar-refractivity contribution >= 4 is 54.0 Å². The minimum atomic E-state index is -3.75. The predicted octanol–water partition coefficient (Wildman–Crippen LogP) is 3.43. The Morgan fingerprint density at radius 3 is 2.89 bits per heavy atom. The van der Waals surface area contributed by atoms with E-state index in [9.17, 15) is 22.0 Å². The van der Waals surface area contributed by atoms with Gasteiger partial charge in [0.25, 0.3) is 10.0 Å². The summed E-state index contributed by atoms with van der Waals surface area (Å²) < 4.78 is 54.2. The molecular formula is C16H13F2N3O3S3. The Kier molecular flexibility index (Phi) is 4.70. The molecule has 2 aromatic heterocycles. The van der Waals surface area contributed by atoms with Gasteiger partial charge in [-0.3, -0.25) is 4.79 Å². The molecule has 27 heavy (non-hydrogen) atoms. The van der Waals surface area contributed by atoms with Crippen LogP contribution in [0.25, 0.3) is 10.2 Å². The lowest BCUT2D eigenvalue weighted by molar-refractivity contribution is -0.119. The maximum Gasteiger partial charge on any atom is 0.253 e. The number of fused-ring (bicyclic) bond motifs is 1. The maximum atomic E-state index is 13.8. The molecule has 3 aromatic rings. The number of hydrogen-bond acceptors (Lipinski definition) is 6. The Morgan fingerprint density at radius 1 is 1.33 bits per heavy atom. The highest BCUT2D eigenvalue weighted by molar-refractivity contribution is 7.91. The molecule has 1 atom stereocenters. The fourth-order valence-corrected chi connectivity index (χ4v) is 6.70. The molecule has 3 heterocycles. The molecule has 1 N–H and O–H groups in total. The third kappa shape index (κ3) is 3.35. The molecule has 1 aromatic carbocycles. The Hall–Kier alpha value is -1.95. The SMILES string of the molecule is O=C(Nc1nc2c(F)cc(F)cc2s1)C1CCCN1S(=O)(=O)c1cccs1. The van der Waals surface area contributed by atoms with Crippen LogP contribution in [0.3, 0.4) is 0 Å². The van der Waals surface area contributed by atoms with Gasteiger partial charge in [0.1, 0.15) is 21.6 Å². The van der Waals surface area contributed by atoms with E-state index in [1.165, 1.54) is 10.4 Å². The first-order valence-corrected chi connectivity index (χ1v) is 11.1. The number of rotatable bonds is 4. The van der Waals surface area contributed by atoms with Gasteiger partial charge in [-0.25, -0.2) is 22.2 Å². The molecule has 1 saturated heterocycles. The number of anilines is 1. The summed E-state index contributed by atoms with van der Waals surface area (Å²) in [5.74, 6) is -2.08. The number of carbonyl (C=O) groups excluding carboxylic acids is 1. The van der Waals surface area contributed by atoms with Crippen LogP contribution in [0.1, 0.15) is 12.8 Å². The molecule has 1 aliphatic heterocycles. The topological polar surface area (TPSA) is 79.4 Å². The van der Waals surface area contributed by atoms with Crippen LogP contribution >= 0.6 is 22.7 Å². The molecule has 0 bridgehead atoms. The van der Waals surface area contributed by atoms with E-state index in [1.54, 1.807) is 11.4 Å². The monoisotopic (exact) mass is 429 g/mol. The summed E-state index contributed by atoms with van der Waals surface area (Å²) in [5.41, 5.74) is -0.0359. The Balaban J connectivity index is 1.58. The zero-order valence-electron chi connectivity index (χ0n) is 13.7. The van der Waals surface area contributed by atoms with Crippen LogP contribution in [-0.2, 0) is 14.8 Å². The van der Waals surface area contributed by atoms with Gasteiger partial charge in [0.2, 0.25) is 5.91 Å². The van der Waals surface area contributed by atoms with E-state index in [1.807, 2.05) is 0 Å². The van der Waals surface area contributed by atoms with Crippen LogP contribution in [0.4, 0.5) is 13.9 Å². The fraction of sp³-hybridized carbons (Fsp3) is 0.250. The predicted molar refractivity (Wildman–Crippen MR) is 99.4 cm³/mol. The van der Waals surface area contributed by atoms with E-state index in [2.05, 4.69) is 10.3 Å². The van der Waals surface area contributed by atoms with Gasteiger partial charge >= 0.3 is 0 Å². The molecular weight excluding hydrogens is 416 g/mol. The Bertz CT molecular complexity index is 1110. The summed E-state index contributed by atoms with van der Waals surface area (Å²) in [6.07, 6.45) is 0.937. The number of aromatic nitrogens is 1. The van der Waals surface area contributed by atoms with Crippen molar-refractivity contribution in [2.24, 2.45) is 0 Å². The number of carbonyl (C=O) groups is 1. The van der Waals surface area contributed by atoms with Gasteiger partial charge in [-0.1, -0.05) is 17.4 Å². The van der Waals surface area contributed by atoms with Gasteiger partial charge in [0, 0.05) is 12.6 Å². The lowest BCUT2D eigenvalue weighted by Gasteiger charge is -2.22. The van der Waals surface area contributed by atoms with Gasteiger partial charge in [-0.05, 0) is 30.4 Å². The average molecular weight is 429 g/mol. The summed E-state index contributed by atoms with van der Waals surface area (Å²) in [4.78, 5) is 16.6. The first-order valence-electron chi connectivity index (χ1n) is 7.98. The van der Waals surface area contributed by atoms with Crippen LogP contribution in [0.5, 0.6) is 0 Å². The second-order valence-corrected chi connectivity index (χ2v) is 10.0. The molecule has 1 unspecified atom stereocenters. The zero-order chi connectivity index (χ0) is 19.2. The van der Waals surface area contributed by atoms with Crippen molar-refractivity contribution in [3.63, 3.8) is 0 Å². The van der Waals surface area contributed by atoms with Crippen molar-refractivity contribution in [2.75, 3.05) is 11.9 Å². The van der Waals surface area contributed by atoms with Crippen molar-refractivity contribution in [1.82, 2.24) is 9.29 Å². The minimum Gasteiger partial charge on any atom is -0.301 e. The Morgan fingerprint density at radius 2 is 2.15 bits per heavy atom. The number of nitrogens with zero attached hydrogens (tertiary/aromatic N) is 2. The van der Waals surface area contributed by atoms with E-state index >= 15 is 0 Å². The highest BCUT2D eigenvalue weighted by Crippen LogP contribution is 2.31. The van der Waals surface area contributed by atoms with Crippen LogP contribution in [-0.4, -0.2) is 36.2 Å². The highest BCUT2D eigenvalue weighted by Gasteiger charge is 2.40. The van der Waals surface area contributed by atoms with Crippen LogP contribution in [0.2, 0.25) is 0 Å². The van der Waals surface area contributed by atoms with E-state index in [-0.39, 0.29) is 26.1 Å². The highest BCUT2D eigenvalue weighted by atomic mass is 32.2. The average Bonchev–Trinajstić information content (AvgIpc) is 3.35. The molecule has 1 amide bonds. The molecule has 0 radical (unpaired) electrons. The smallest absolute Gasteiger partial charge is 0.253 e. The van der Waals surface area contributed by atoms with Crippen molar-refractivity contribution in [2.45, 2.75) is 23.1 Å². The molecule has 11 heteroatoms. The largest absolute Gasteiger partial charge is 0.301 e. The minimum absolute atomic E-state index is 0.0359. The number of sulfonamides is 1. The third-order valence-corrected chi connectivity index (χ3v) is 8.41. The first-order chi connectivity index (χ1) is 12.9. The van der Waals surface area contributed by atoms with Crippen molar-refractivity contribution in [3.05, 3.63) is 41.3 Å². The zero-order valence-corrected chi connectivity index (χ0v) is 16.1. The number of benzene rings is 1. The summed E-state index contributed by atoms with van der Waals surface area (Å²) in [7, 11) is -3.75. The first kappa shape index (κ1) is 18.4. The Labute approximate surface area is 161 Å². The molecule has 0 aliphatic carbocycles. The number of thiazole rings is 1. The number of amides is 1. The van der Waals surface area contributed by atoms with E-state index in [0.717, 1.165) is 34.8 Å². The van der Waals surface area contributed by atoms with Gasteiger partial charge in [-0.2, -0.15) is 4.31 Å². The quantitative estimate of drug-likeness (QED) is 0.689. The van der Waals surface area contributed by atoms with Crippen molar-refractivity contribution in [1.29, 1.82) is 0 Å².